The third kappa shape index (κ3) is 3.48. The molecule has 0 radical (unpaired) electrons. The van der Waals surface area contributed by atoms with Crippen LogP contribution >= 0.6 is 11.3 Å². The van der Waals surface area contributed by atoms with Crippen molar-refractivity contribution in [3.8, 4) is 11.1 Å². The zero-order chi connectivity index (χ0) is 20.7. The van der Waals surface area contributed by atoms with Crippen LogP contribution in [0.15, 0.2) is 48.7 Å². The molecule has 2 aromatic heterocycles. The van der Waals surface area contributed by atoms with Gasteiger partial charge in [-0.2, -0.15) is 0 Å². The van der Waals surface area contributed by atoms with E-state index in [0.29, 0.717) is 6.54 Å². The fourth-order valence-electron chi connectivity index (χ4n) is 4.10. The number of pyridine rings is 1. The first kappa shape index (κ1) is 19.2. The summed E-state index contributed by atoms with van der Waals surface area (Å²) in [6.07, 6.45) is 4.10. The molecular formula is C25H24N2O2S. The van der Waals surface area contributed by atoms with E-state index in [1.54, 1.807) is 11.3 Å². The average Bonchev–Trinajstić information content (AvgIpc) is 3.40. The quantitative estimate of drug-likeness (QED) is 0.468. The number of nitrogens with one attached hydrogen (secondary N) is 1. The van der Waals surface area contributed by atoms with Crippen molar-refractivity contribution >= 4 is 38.2 Å². The van der Waals surface area contributed by atoms with E-state index in [4.69, 9.17) is 9.72 Å². The highest BCUT2D eigenvalue weighted by molar-refractivity contribution is 7.22. The highest BCUT2D eigenvalue weighted by Gasteiger charge is 2.23. The normalized spacial score (nSPS) is 16.4. The summed E-state index contributed by atoms with van der Waals surface area (Å²) >= 11 is 1.56. The molecule has 3 heterocycles. The number of amides is 1. The van der Waals surface area contributed by atoms with Gasteiger partial charge >= 0.3 is 0 Å². The predicted octanol–water partition coefficient (Wildman–Crippen LogP) is 5.64. The van der Waals surface area contributed by atoms with Gasteiger partial charge in [-0.3, -0.25) is 9.78 Å². The van der Waals surface area contributed by atoms with Crippen LogP contribution in [0.3, 0.4) is 0 Å². The molecule has 0 spiro atoms. The van der Waals surface area contributed by atoms with Crippen LogP contribution in [-0.4, -0.2) is 30.1 Å². The molecule has 152 valence electrons. The van der Waals surface area contributed by atoms with Gasteiger partial charge in [-0.05, 0) is 44.4 Å². The van der Waals surface area contributed by atoms with Gasteiger partial charge in [0, 0.05) is 40.4 Å². The third-order valence-electron chi connectivity index (χ3n) is 5.74. The number of carbonyl (C=O) groups is 1. The van der Waals surface area contributed by atoms with E-state index in [1.807, 2.05) is 12.3 Å². The molecule has 5 heteroatoms. The van der Waals surface area contributed by atoms with E-state index >= 15 is 0 Å². The summed E-state index contributed by atoms with van der Waals surface area (Å²) in [6.45, 7) is 5.50. The van der Waals surface area contributed by atoms with Crippen LogP contribution in [0.2, 0.25) is 0 Å². The Bertz CT molecular complexity index is 1240. The van der Waals surface area contributed by atoms with Gasteiger partial charge in [-0.15, -0.1) is 11.3 Å². The van der Waals surface area contributed by atoms with Crippen molar-refractivity contribution in [3.63, 3.8) is 0 Å². The van der Waals surface area contributed by atoms with E-state index in [-0.39, 0.29) is 12.0 Å². The zero-order valence-corrected chi connectivity index (χ0v) is 18.0. The van der Waals surface area contributed by atoms with Crippen molar-refractivity contribution < 1.29 is 9.53 Å². The number of hydrogen-bond donors (Lipinski definition) is 1. The van der Waals surface area contributed by atoms with Crippen LogP contribution in [0.4, 0.5) is 0 Å². The van der Waals surface area contributed by atoms with Gasteiger partial charge in [0.2, 0.25) is 0 Å². The summed E-state index contributed by atoms with van der Waals surface area (Å²) in [6, 6.07) is 14.6. The fourth-order valence-corrected chi connectivity index (χ4v) is 5.34. The van der Waals surface area contributed by atoms with Gasteiger partial charge in [0.1, 0.15) is 4.88 Å². The number of nitrogens with zero attached hydrogens (tertiary/aromatic N) is 1. The number of carbonyl (C=O) groups excluding carboxylic acids is 1. The largest absolute Gasteiger partial charge is 0.376 e. The first-order valence-corrected chi connectivity index (χ1v) is 11.2. The van der Waals surface area contributed by atoms with Crippen molar-refractivity contribution in [1.82, 2.24) is 10.3 Å². The second-order valence-corrected chi connectivity index (χ2v) is 9.06. The molecule has 4 aromatic rings. The number of fused-ring (bicyclic) bond motifs is 3. The molecule has 30 heavy (non-hydrogen) atoms. The van der Waals surface area contributed by atoms with Gasteiger partial charge in [0.05, 0.1) is 11.6 Å². The molecule has 0 saturated carbocycles. The summed E-state index contributed by atoms with van der Waals surface area (Å²) in [5, 5.41) is 5.24. The van der Waals surface area contributed by atoms with Gasteiger partial charge in [-0.25, -0.2) is 0 Å². The molecule has 2 aromatic carbocycles. The second-order valence-electron chi connectivity index (χ2n) is 8.04. The van der Waals surface area contributed by atoms with Crippen LogP contribution in [0, 0.1) is 13.8 Å². The molecular weight excluding hydrogens is 392 g/mol. The minimum Gasteiger partial charge on any atom is -0.376 e. The monoisotopic (exact) mass is 416 g/mol. The van der Waals surface area contributed by atoms with E-state index < -0.39 is 0 Å². The van der Waals surface area contributed by atoms with E-state index in [0.717, 1.165) is 56.4 Å². The molecule has 1 aliphatic rings. The molecule has 0 aliphatic carbocycles. The molecule has 5 rings (SSSR count). The first-order chi connectivity index (χ1) is 14.6. The lowest BCUT2D eigenvalue weighted by Crippen LogP contribution is -2.31. The Kier molecular flexibility index (Phi) is 5.01. The molecule has 0 unspecified atom stereocenters. The molecule has 1 aliphatic heterocycles. The number of ether oxygens (including phenoxy) is 1. The topological polar surface area (TPSA) is 51.2 Å². The minimum absolute atomic E-state index is 0.0388. The number of hydrogen-bond acceptors (Lipinski definition) is 4. The maximum atomic E-state index is 13.3. The van der Waals surface area contributed by atoms with E-state index in [2.05, 4.69) is 55.6 Å². The van der Waals surface area contributed by atoms with Crippen molar-refractivity contribution in [2.24, 2.45) is 0 Å². The van der Waals surface area contributed by atoms with Crippen LogP contribution in [0.25, 0.3) is 32.1 Å². The Hall–Kier alpha value is -2.76. The molecule has 1 amide bonds. The van der Waals surface area contributed by atoms with Crippen molar-refractivity contribution in [2.75, 3.05) is 13.2 Å². The molecule has 0 bridgehead atoms. The van der Waals surface area contributed by atoms with Gasteiger partial charge in [-0.1, -0.05) is 41.5 Å². The Morgan fingerprint density at radius 1 is 1.13 bits per heavy atom. The highest BCUT2D eigenvalue weighted by Crippen LogP contribution is 2.41. The van der Waals surface area contributed by atoms with Gasteiger partial charge in [0.25, 0.3) is 5.91 Å². The molecule has 1 atom stereocenters. The third-order valence-corrected chi connectivity index (χ3v) is 6.97. The zero-order valence-electron chi connectivity index (χ0n) is 17.2. The SMILES string of the molecule is Cc1ccc(-c2c(C(=O)NC[C@H]3CCCO3)sc3c2cnc2ccc(C)cc23)cc1. The summed E-state index contributed by atoms with van der Waals surface area (Å²) in [7, 11) is 0. The maximum absolute atomic E-state index is 13.3. The Balaban J connectivity index is 1.65. The lowest BCUT2D eigenvalue weighted by atomic mass is 10.00. The average molecular weight is 417 g/mol. The van der Waals surface area contributed by atoms with Crippen molar-refractivity contribution in [3.05, 3.63) is 64.7 Å². The summed E-state index contributed by atoms with van der Waals surface area (Å²) in [4.78, 5) is 18.7. The summed E-state index contributed by atoms with van der Waals surface area (Å²) < 4.78 is 6.79. The molecule has 1 saturated heterocycles. The minimum atomic E-state index is -0.0388. The summed E-state index contributed by atoms with van der Waals surface area (Å²) in [5.41, 5.74) is 5.35. The van der Waals surface area contributed by atoms with Gasteiger partial charge in [0.15, 0.2) is 0 Å². The smallest absolute Gasteiger partial charge is 0.262 e. The van der Waals surface area contributed by atoms with Crippen LogP contribution in [0.1, 0.15) is 33.6 Å². The van der Waals surface area contributed by atoms with Crippen LogP contribution in [0.5, 0.6) is 0 Å². The second kappa shape index (κ2) is 7.82. The number of rotatable bonds is 4. The molecule has 1 N–H and O–H groups in total. The Morgan fingerprint density at radius 2 is 1.93 bits per heavy atom. The standard InChI is InChI=1S/C25H24N2O2S/c1-15-5-8-17(9-6-15)22-20-14-26-21-10-7-16(2)12-19(21)23(20)30-24(22)25(28)27-13-18-4-3-11-29-18/h5-10,12,14,18H,3-4,11,13H2,1-2H3,(H,27,28)/t18-/m1/s1. The highest BCUT2D eigenvalue weighted by atomic mass is 32.1. The van der Waals surface area contributed by atoms with Crippen LogP contribution in [-0.2, 0) is 4.74 Å². The number of aromatic nitrogens is 1. The Morgan fingerprint density at radius 3 is 2.70 bits per heavy atom. The lowest BCUT2D eigenvalue weighted by Gasteiger charge is -2.11. The first-order valence-electron chi connectivity index (χ1n) is 10.4. The number of thiophene rings is 1. The molecule has 4 nitrogen and oxygen atoms in total. The molecule has 1 fully saturated rings. The van der Waals surface area contributed by atoms with Crippen LogP contribution < -0.4 is 5.32 Å². The van der Waals surface area contributed by atoms with Crippen molar-refractivity contribution in [1.29, 1.82) is 0 Å². The maximum Gasteiger partial charge on any atom is 0.262 e. The van der Waals surface area contributed by atoms with E-state index in [9.17, 15) is 4.79 Å². The Labute approximate surface area is 179 Å². The van der Waals surface area contributed by atoms with Crippen molar-refractivity contribution in [2.45, 2.75) is 32.8 Å². The lowest BCUT2D eigenvalue weighted by molar-refractivity contribution is 0.0861. The fraction of sp³-hybridized carbons (Fsp3) is 0.280. The summed E-state index contributed by atoms with van der Waals surface area (Å²) in [5.74, 6) is -0.0388. The number of aryl methyl sites for hydroxylation is 2. The van der Waals surface area contributed by atoms with Gasteiger partial charge < -0.3 is 10.1 Å². The number of benzene rings is 2. The van der Waals surface area contributed by atoms with E-state index in [1.165, 1.54) is 11.1 Å². The predicted molar refractivity (Wildman–Crippen MR) is 123 cm³/mol.